The fourth-order valence-electron chi connectivity index (χ4n) is 4.30. The zero-order valence-corrected chi connectivity index (χ0v) is 24.4. The van der Waals surface area contributed by atoms with Crippen molar-refractivity contribution in [3.8, 4) is 0 Å². The molecule has 3 heterocycles. The molecular formula is C25H33N3O9SSi. The van der Waals surface area contributed by atoms with Gasteiger partial charge in [0.25, 0.3) is 15.7 Å². The number of nitrogens with zero attached hydrogens (tertiary/aromatic N) is 1. The number of nitrogens with two attached hydrogens (primary N) is 1. The maximum Gasteiger partial charge on any atom is 0.338 e. The van der Waals surface area contributed by atoms with E-state index in [1.165, 1.54) is 13.1 Å². The molecule has 212 valence electrons. The van der Waals surface area contributed by atoms with Crippen molar-refractivity contribution < 1.29 is 31.3 Å². The number of H-pyrrole nitrogens is 1. The van der Waals surface area contributed by atoms with E-state index in [-0.39, 0.29) is 21.9 Å². The summed E-state index contributed by atoms with van der Waals surface area (Å²) in [4.78, 5) is 40.0. The molecule has 0 amide bonds. The van der Waals surface area contributed by atoms with Gasteiger partial charge in [0.15, 0.2) is 20.1 Å². The number of hydrogen-bond donors (Lipinski definition) is 2. The minimum atomic E-state index is -4.28. The second-order valence-corrected chi connectivity index (χ2v) is 17.3. The van der Waals surface area contributed by atoms with Crippen molar-refractivity contribution in [2.45, 2.75) is 69.9 Å². The standard InChI is InChI=1S/C25H33N3O9SSi/c1-15-12-28(23(31)27-20(15)29)21-19(36-39(5,6)24(2,3)4)25(17(26)14-38(32,33)37-25)18(35-21)13-34-22(30)16-10-8-7-9-11-16/h7-12,14,18-19,21H,13,26H2,1-6H3,(H,27,29,31). The van der Waals surface area contributed by atoms with Gasteiger partial charge in [-0.2, -0.15) is 8.42 Å². The molecule has 4 atom stereocenters. The third-order valence-corrected chi connectivity index (χ3v) is 13.0. The number of rotatable bonds is 6. The first-order valence-corrected chi connectivity index (χ1v) is 16.7. The Balaban J connectivity index is 1.85. The zero-order chi connectivity index (χ0) is 29.0. The lowest BCUT2D eigenvalue weighted by molar-refractivity contribution is -0.0646. The maximum atomic E-state index is 13.0. The molecule has 1 fully saturated rings. The first kappa shape index (κ1) is 29.0. The molecule has 0 saturated carbocycles. The summed E-state index contributed by atoms with van der Waals surface area (Å²) in [5, 5.41) is 0.423. The summed E-state index contributed by atoms with van der Waals surface area (Å²) in [5.74, 6) is -0.680. The molecule has 2 aliphatic heterocycles. The molecule has 0 bridgehead atoms. The van der Waals surface area contributed by atoms with Gasteiger partial charge in [0, 0.05) is 11.8 Å². The third kappa shape index (κ3) is 5.26. The van der Waals surface area contributed by atoms with Gasteiger partial charge in [-0.05, 0) is 37.2 Å². The van der Waals surface area contributed by atoms with E-state index >= 15 is 0 Å². The Hall–Kier alpha value is -3.04. The molecule has 4 rings (SSSR count). The molecule has 1 aromatic heterocycles. The van der Waals surface area contributed by atoms with E-state index in [4.69, 9.17) is 23.8 Å². The topological polar surface area (TPSA) is 169 Å². The lowest BCUT2D eigenvalue weighted by Gasteiger charge is -2.43. The average molecular weight is 580 g/mol. The molecule has 0 radical (unpaired) electrons. The SMILES string of the molecule is Cc1cn(C2OC(COC(=O)c3ccccc3)C3(OS(=O)(=O)C=C3N)C2O[Si](C)(C)C(C)(C)C)c(=O)[nH]c1=O. The molecule has 14 heteroatoms. The van der Waals surface area contributed by atoms with E-state index in [9.17, 15) is 22.8 Å². The van der Waals surface area contributed by atoms with E-state index in [0.717, 1.165) is 9.98 Å². The monoisotopic (exact) mass is 579 g/mol. The average Bonchev–Trinajstić information content (AvgIpc) is 3.26. The predicted molar refractivity (Wildman–Crippen MR) is 144 cm³/mol. The number of aromatic nitrogens is 2. The summed E-state index contributed by atoms with van der Waals surface area (Å²) in [6.07, 6.45) is -2.56. The van der Waals surface area contributed by atoms with Gasteiger partial charge in [-0.1, -0.05) is 39.0 Å². The van der Waals surface area contributed by atoms with Gasteiger partial charge in [-0.25, -0.2) is 13.8 Å². The molecule has 39 heavy (non-hydrogen) atoms. The van der Waals surface area contributed by atoms with Crippen LogP contribution in [0.1, 0.15) is 42.9 Å². The second kappa shape index (κ2) is 9.85. The molecule has 2 aromatic rings. The van der Waals surface area contributed by atoms with Crippen LogP contribution in [-0.4, -0.2) is 56.7 Å². The van der Waals surface area contributed by atoms with E-state index < -0.39 is 66.3 Å². The van der Waals surface area contributed by atoms with E-state index in [1.54, 1.807) is 30.3 Å². The zero-order valence-electron chi connectivity index (χ0n) is 22.6. The van der Waals surface area contributed by atoms with Gasteiger partial charge < -0.3 is 19.6 Å². The highest BCUT2D eigenvalue weighted by atomic mass is 32.2. The Labute approximate surface area is 227 Å². The first-order chi connectivity index (χ1) is 18.0. The van der Waals surface area contributed by atoms with Crippen molar-refractivity contribution in [3.63, 3.8) is 0 Å². The Morgan fingerprint density at radius 3 is 2.41 bits per heavy atom. The minimum absolute atomic E-state index is 0.209. The lowest BCUT2D eigenvalue weighted by atomic mass is 9.89. The van der Waals surface area contributed by atoms with Gasteiger partial charge in [0.05, 0.1) is 16.7 Å². The molecule has 4 unspecified atom stereocenters. The molecule has 3 N–H and O–H groups in total. The molecule has 1 saturated heterocycles. The van der Waals surface area contributed by atoms with Crippen LogP contribution in [0.3, 0.4) is 0 Å². The van der Waals surface area contributed by atoms with Crippen molar-refractivity contribution >= 4 is 24.4 Å². The number of carbonyl (C=O) groups excluding carboxylic acids is 1. The van der Waals surface area contributed by atoms with Crippen LogP contribution >= 0.6 is 0 Å². The van der Waals surface area contributed by atoms with Gasteiger partial charge in [-0.15, -0.1) is 0 Å². The summed E-state index contributed by atoms with van der Waals surface area (Å²) in [6.45, 7) is 10.9. The van der Waals surface area contributed by atoms with Crippen molar-refractivity contribution in [2.75, 3.05) is 6.61 Å². The maximum absolute atomic E-state index is 13.0. The molecule has 0 aliphatic carbocycles. The van der Waals surface area contributed by atoms with Crippen LogP contribution in [0.5, 0.6) is 0 Å². The summed E-state index contributed by atoms with van der Waals surface area (Å²) in [7, 11) is -7.00. The first-order valence-electron chi connectivity index (χ1n) is 12.3. The number of benzene rings is 1. The number of aryl methyl sites for hydroxylation is 1. The highest BCUT2D eigenvalue weighted by Gasteiger charge is 2.67. The quantitative estimate of drug-likeness (QED) is 0.293. The number of nitrogens with one attached hydrogen (secondary N) is 1. The van der Waals surface area contributed by atoms with Crippen LogP contribution in [0.4, 0.5) is 0 Å². The smallest absolute Gasteiger partial charge is 0.338 e. The molecular weight excluding hydrogens is 546 g/mol. The fraction of sp³-hybridized carbons (Fsp3) is 0.480. The summed E-state index contributed by atoms with van der Waals surface area (Å²) < 4.78 is 50.6. The van der Waals surface area contributed by atoms with Crippen molar-refractivity contribution in [3.05, 3.63) is 79.6 Å². The van der Waals surface area contributed by atoms with Gasteiger partial charge in [0.2, 0.25) is 0 Å². The highest BCUT2D eigenvalue weighted by Crippen LogP contribution is 2.51. The van der Waals surface area contributed by atoms with Crippen LogP contribution in [0, 0.1) is 6.92 Å². The Morgan fingerprint density at radius 1 is 1.21 bits per heavy atom. The number of aromatic amines is 1. The van der Waals surface area contributed by atoms with Crippen molar-refractivity contribution in [2.24, 2.45) is 5.73 Å². The Morgan fingerprint density at radius 2 is 1.85 bits per heavy atom. The minimum Gasteiger partial charge on any atom is -0.459 e. The van der Waals surface area contributed by atoms with Gasteiger partial charge in [0.1, 0.15) is 18.8 Å². The fourth-order valence-corrected chi connectivity index (χ4v) is 6.80. The molecule has 1 aromatic carbocycles. The van der Waals surface area contributed by atoms with Crippen LogP contribution in [0.15, 0.2) is 57.2 Å². The van der Waals surface area contributed by atoms with E-state index in [2.05, 4.69) is 4.98 Å². The molecule has 12 nitrogen and oxygen atoms in total. The van der Waals surface area contributed by atoms with Gasteiger partial charge in [-0.3, -0.25) is 14.3 Å². The Bertz CT molecular complexity index is 1530. The number of carbonyl (C=O) groups is 1. The Kier molecular flexibility index (Phi) is 7.32. The van der Waals surface area contributed by atoms with Crippen LogP contribution < -0.4 is 17.0 Å². The normalized spacial score (nSPS) is 26.5. The largest absolute Gasteiger partial charge is 0.459 e. The van der Waals surface area contributed by atoms with Crippen molar-refractivity contribution in [1.29, 1.82) is 0 Å². The van der Waals surface area contributed by atoms with Crippen LogP contribution in [0.2, 0.25) is 18.1 Å². The van der Waals surface area contributed by atoms with Gasteiger partial charge >= 0.3 is 11.7 Å². The predicted octanol–water partition coefficient (Wildman–Crippen LogP) is 1.89. The number of hydrogen-bond acceptors (Lipinski definition) is 10. The van der Waals surface area contributed by atoms with Crippen LogP contribution in [0.25, 0.3) is 0 Å². The van der Waals surface area contributed by atoms with Crippen LogP contribution in [-0.2, 0) is 28.2 Å². The van der Waals surface area contributed by atoms with E-state index in [1.807, 2.05) is 33.9 Å². The summed E-state index contributed by atoms with van der Waals surface area (Å²) in [5.41, 5.74) is 3.25. The summed E-state index contributed by atoms with van der Waals surface area (Å²) in [6, 6.07) is 8.20. The molecule has 2 aliphatic rings. The summed E-state index contributed by atoms with van der Waals surface area (Å²) >= 11 is 0. The van der Waals surface area contributed by atoms with E-state index in [0.29, 0.717) is 0 Å². The van der Waals surface area contributed by atoms with Crippen molar-refractivity contribution in [1.82, 2.24) is 9.55 Å². The number of esters is 1. The highest BCUT2D eigenvalue weighted by molar-refractivity contribution is 7.90. The molecule has 1 spiro atoms. The number of ether oxygens (including phenoxy) is 2. The third-order valence-electron chi connectivity index (χ3n) is 7.46. The lowest BCUT2D eigenvalue weighted by Crippen LogP contribution is -2.58. The second-order valence-electron chi connectivity index (χ2n) is 11.2.